The zero-order valence-electron chi connectivity index (χ0n) is 83.3. The molecule has 772 valence electrons. The Morgan fingerprint density at radius 2 is 0.440 bits per heavy atom. The first kappa shape index (κ1) is 140. The Morgan fingerprint density at radius 1 is 0.231 bits per heavy atom. The Balaban J connectivity index is -0.000000234. The Morgan fingerprint density at radius 3 is 0.701 bits per heavy atom. The maximum atomic E-state index is 11.8. The lowest BCUT2D eigenvalue weighted by atomic mass is 9.90. The molecule has 134 heavy (non-hydrogen) atoms. The number of ether oxygens (including phenoxy) is 12. The van der Waals surface area contributed by atoms with Gasteiger partial charge in [-0.25, -0.2) is 50.5 Å². The second-order valence-corrected chi connectivity index (χ2v) is 36.8. The summed E-state index contributed by atoms with van der Waals surface area (Å²) in [5, 5.41) is 62.2. The molecule has 0 radical (unpaired) electrons. The number of phenolic OH excluding ortho intramolecular Hbond substituents is 6. The minimum Gasteiger partial charge on any atom is -0.744 e. The number of aromatic hydroxyl groups is 6. The molecule has 0 spiro atoms. The maximum absolute atomic E-state index is 11.8. The van der Waals surface area contributed by atoms with E-state index in [-0.39, 0.29) is 249 Å². The number of benzene rings is 6. The number of phenols is 6. The summed E-state index contributed by atoms with van der Waals surface area (Å²) >= 11 is 0. The first-order valence-electron chi connectivity index (χ1n) is 40.0. The molecule has 6 atom stereocenters. The average Bonchev–Trinajstić information content (AvgIpc) is 0.785. The van der Waals surface area contributed by atoms with E-state index in [4.69, 9.17) is 56.8 Å². The van der Waals surface area contributed by atoms with Crippen LogP contribution in [0.5, 0.6) is 103 Å². The summed E-state index contributed by atoms with van der Waals surface area (Å²) in [6, 6.07) is 0. The Kier molecular flexibility index (Phi) is 62.0. The summed E-state index contributed by atoms with van der Waals surface area (Å²) in [6.45, 7) is 32.2. The Hall–Kier alpha value is -9.60. The lowest BCUT2D eigenvalue weighted by Gasteiger charge is -2.26. The Labute approximate surface area is 802 Å². The summed E-state index contributed by atoms with van der Waals surface area (Å²) in [5.41, 5.74) is 3.25. The normalized spacial score (nSPS) is 12.3. The molecule has 0 saturated carbocycles. The van der Waals surface area contributed by atoms with Crippen molar-refractivity contribution in [3.63, 3.8) is 0 Å². The van der Waals surface area contributed by atoms with E-state index in [1.165, 1.54) is 99.2 Å². The summed E-state index contributed by atoms with van der Waals surface area (Å²) in [6.07, 6.45) is 6.39. The predicted octanol–water partition coefficient (Wildman–Crippen LogP) is 18.6. The molecular weight excluding hydrogens is 1870 g/mol. The van der Waals surface area contributed by atoms with E-state index in [0.717, 1.165) is 0 Å². The highest BCUT2D eigenvalue weighted by Gasteiger charge is 2.37. The van der Waals surface area contributed by atoms with Gasteiger partial charge in [0.15, 0.2) is 69.0 Å². The summed E-state index contributed by atoms with van der Waals surface area (Å²) in [7, 11) is -13.3. The third-order valence-electron chi connectivity index (χ3n) is 21.4. The van der Waals surface area contributed by atoms with Crippen LogP contribution in [0, 0.1) is 58.4 Å². The molecule has 0 aliphatic rings. The van der Waals surface area contributed by atoms with Gasteiger partial charge in [-0.05, 0) is 130 Å². The summed E-state index contributed by atoms with van der Waals surface area (Å²) in [5.74, 6) is -3.56. The van der Waals surface area contributed by atoms with Crippen LogP contribution in [0.1, 0.15) is 279 Å². The van der Waals surface area contributed by atoms with Gasteiger partial charge < -0.3 is 115 Å². The summed E-state index contributed by atoms with van der Waals surface area (Å²) in [4.78, 5) is -2.71. The first-order valence-corrected chi connectivity index (χ1v) is 48.5. The molecule has 0 amide bonds. The van der Waals surface area contributed by atoms with Crippen LogP contribution >= 0.6 is 0 Å². The SMILES string of the molecule is C.C.CCC(C)c1c(C)c(S(=O)(=O)[O-])c(OC)c(OC)c1O.CCC(C)c1c(O)c(OC)c(C)c(S(=O)(=O)[O-])c1OC.CCCc1c(C(C)CC)c(O)c(OC)c(OC)c1S(=O)(=O)[O-].CCCc1c(O)c(OC)c(C(C)CC)c(S(=O)(=O)[O-])c1OC.CCc1c(C(C)CC)c(O)c(OC)c(OC)c1S(=O)(=O)[O-].CCc1c(O)c(OC)c(C(C)CC)c(S(=O)(=O)[O-])c1OC.[CH3+].[CH3+].[CH3+].[CH3+].[CH3+].[CH3+]. The standard InChI is InChI=1S/2C15H24O6S.2C14H22O6S.2C13H20O6S.2CH4.6CH3/c1-6-8-10-12(16)14(21-5)11(9(3)7-2)15(13(10)20-4)22(17,18)19;1-6-8-10-11(9(3)7-2)12(16)13(20-4)14(21-5)15(10)22(17,18)19;1-6-8(3)10-13(20-5)11(15)9(7-2)12(19-4)14(10)21(16,17)18;1-6-8(3)10-9(7-2)14(21(16,17)18)13(20-5)12(19-4)11(10)15;1-6-7(2)9-10(14)11(18-4)8(3)13(12(9)19-5)20(15,16)17;1-6-7(2)9-8(3)13(20(15,16)17)12(19-5)11(18-4)10(9)14;;;;;;;;/h2*9,16H,6-8H2,1-5H3,(H,17,18,19);2*8,15H,6-7H2,1-5H3,(H,16,17,18);2*7,14H,6H2,1-5H3,(H,15,16,17);2*1H4;6*1H3/q;;;;;;;;6*+1/p-6. The van der Waals surface area contributed by atoms with Gasteiger partial charge in [-0.15, -0.1) is 0 Å². The van der Waals surface area contributed by atoms with Crippen LogP contribution in [0.2, 0.25) is 0 Å². The van der Waals surface area contributed by atoms with Gasteiger partial charge in [0.05, 0.1) is 85.3 Å². The van der Waals surface area contributed by atoms with Crippen molar-refractivity contribution in [2.45, 2.75) is 281 Å². The van der Waals surface area contributed by atoms with E-state index in [0.29, 0.717) is 92.9 Å². The second-order valence-electron chi connectivity index (χ2n) is 28.9. The van der Waals surface area contributed by atoms with E-state index < -0.39 is 90.1 Å². The van der Waals surface area contributed by atoms with Crippen molar-refractivity contribution in [1.82, 2.24) is 0 Å². The van der Waals surface area contributed by atoms with E-state index in [1.807, 2.05) is 76.2 Å². The lowest BCUT2D eigenvalue weighted by Crippen LogP contribution is -2.12. The fourth-order valence-corrected chi connectivity index (χ4v) is 20.1. The minimum absolute atomic E-state index is 0. The highest BCUT2D eigenvalue weighted by Crippen LogP contribution is 2.56. The van der Waals surface area contributed by atoms with Gasteiger partial charge in [0, 0.05) is 94.6 Å². The third kappa shape index (κ3) is 31.2. The second kappa shape index (κ2) is 59.4. The fraction of sp³-hybridized carbons (Fsp3) is 0.543. The van der Waals surface area contributed by atoms with Gasteiger partial charge in [-0.1, -0.05) is 138 Å². The molecule has 0 aliphatic heterocycles. The lowest BCUT2D eigenvalue weighted by molar-refractivity contribution is 0.320. The molecule has 0 saturated heterocycles. The number of hydrogen-bond acceptors (Lipinski definition) is 36. The quantitative estimate of drug-likeness (QED) is 0.0157. The average molecular weight is 2030 g/mol. The van der Waals surface area contributed by atoms with Crippen LogP contribution in [-0.2, 0) is 86.4 Å². The number of hydrogen-bond donors (Lipinski definition) is 6. The third-order valence-corrected chi connectivity index (χ3v) is 27.1. The van der Waals surface area contributed by atoms with Crippen molar-refractivity contribution in [3.05, 3.63) is 111 Å². The minimum atomic E-state index is -4.79. The van der Waals surface area contributed by atoms with E-state index in [1.54, 1.807) is 34.6 Å². The van der Waals surface area contributed by atoms with Crippen LogP contribution in [0.25, 0.3) is 0 Å². The molecule has 6 aromatic rings. The molecule has 0 bridgehead atoms. The molecular formula is C92H152O36S6. The molecule has 0 aromatic heterocycles. The molecule has 6 N–H and O–H groups in total. The van der Waals surface area contributed by atoms with E-state index in [9.17, 15) is 108 Å². The van der Waals surface area contributed by atoms with Crippen LogP contribution in [0.15, 0.2) is 29.4 Å². The zero-order valence-corrected chi connectivity index (χ0v) is 88.2. The first-order chi connectivity index (χ1) is 58.4. The van der Waals surface area contributed by atoms with Crippen LogP contribution in [0.4, 0.5) is 0 Å². The smallest absolute Gasteiger partial charge is 0.204 e. The molecule has 0 fully saturated rings. The van der Waals surface area contributed by atoms with Gasteiger partial charge in [-0.3, -0.25) is 0 Å². The van der Waals surface area contributed by atoms with Gasteiger partial charge in [0.1, 0.15) is 107 Å². The Bertz CT molecular complexity index is 5430. The highest BCUT2D eigenvalue weighted by atomic mass is 32.2. The van der Waals surface area contributed by atoms with Crippen molar-refractivity contribution in [2.75, 3.05) is 85.3 Å². The topological polar surface area (TPSA) is 575 Å². The molecule has 42 heteroatoms. The summed E-state index contributed by atoms with van der Waals surface area (Å²) < 4.78 is 271. The zero-order chi connectivity index (χ0) is 98.2. The highest BCUT2D eigenvalue weighted by molar-refractivity contribution is 7.87. The van der Waals surface area contributed by atoms with Crippen molar-refractivity contribution in [3.8, 4) is 103 Å². The molecule has 6 unspecified atom stereocenters. The van der Waals surface area contributed by atoms with Crippen molar-refractivity contribution < 1.29 is 165 Å². The van der Waals surface area contributed by atoms with Crippen LogP contribution in [-0.4, -0.2) is 194 Å². The predicted molar refractivity (Wildman–Crippen MR) is 515 cm³/mol. The van der Waals surface area contributed by atoms with Crippen molar-refractivity contribution >= 4 is 60.7 Å². The molecule has 6 aromatic carbocycles. The van der Waals surface area contributed by atoms with Crippen molar-refractivity contribution in [1.29, 1.82) is 0 Å². The molecule has 0 heterocycles. The van der Waals surface area contributed by atoms with Crippen LogP contribution < -0.4 is 56.8 Å². The van der Waals surface area contributed by atoms with Crippen LogP contribution in [0.3, 0.4) is 0 Å². The van der Waals surface area contributed by atoms with Gasteiger partial charge in [0.25, 0.3) is 0 Å². The molecule has 36 nitrogen and oxygen atoms in total. The maximum Gasteiger partial charge on any atom is 0.204 e. The monoisotopic (exact) mass is 2020 g/mol. The van der Waals surface area contributed by atoms with Crippen molar-refractivity contribution in [2.24, 2.45) is 0 Å². The largest absolute Gasteiger partial charge is 0.744 e. The van der Waals surface area contributed by atoms with Gasteiger partial charge in [-0.2, -0.15) is 0 Å². The number of methoxy groups -OCH3 is 12. The molecule has 6 rings (SSSR count). The van der Waals surface area contributed by atoms with E-state index >= 15 is 0 Å². The van der Waals surface area contributed by atoms with Gasteiger partial charge >= 0.3 is 0 Å². The fourth-order valence-electron chi connectivity index (χ4n) is 14.5. The number of rotatable bonds is 36. The van der Waals surface area contributed by atoms with Gasteiger partial charge in [0.2, 0.25) is 17.2 Å². The molecule has 0 aliphatic carbocycles. The van der Waals surface area contributed by atoms with E-state index in [2.05, 4.69) is 0 Å².